The van der Waals surface area contributed by atoms with E-state index in [0.29, 0.717) is 0 Å². The molecule has 0 bridgehead atoms. The molecule has 1 saturated heterocycles. The summed E-state index contributed by atoms with van der Waals surface area (Å²) in [5.41, 5.74) is 3.26. The van der Waals surface area contributed by atoms with Crippen LogP contribution in [0.1, 0.15) is 25.0 Å². The van der Waals surface area contributed by atoms with Crippen molar-refractivity contribution < 1.29 is 4.79 Å². The molecule has 5 nitrogen and oxygen atoms in total. The molecule has 1 aromatic heterocycles. The van der Waals surface area contributed by atoms with E-state index in [-0.39, 0.29) is 5.91 Å². The van der Waals surface area contributed by atoms with Crippen molar-refractivity contribution in [3.63, 3.8) is 0 Å². The highest BCUT2D eigenvalue weighted by Gasteiger charge is 2.20. The summed E-state index contributed by atoms with van der Waals surface area (Å²) in [6, 6.07) is 8.38. The van der Waals surface area contributed by atoms with Crippen LogP contribution >= 0.6 is 0 Å². The first-order valence-corrected chi connectivity index (χ1v) is 10.0. The fraction of sp³-hybridized carbons (Fsp3) is 0.391. The van der Waals surface area contributed by atoms with Gasteiger partial charge in [-0.15, -0.1) is 0 Å². The zero-order valence-corrected chi connectivity index (χ0v) is 16.8. The van der Waals surface area contributed by atoms with Gasteiger partial charge in [0.15, 0.2) is 0 Å². The quantitative estimate of drug-likeness (QED) is 0.763. The fourth-order valence-corrected chi connectivity index (χ4v) is 4.04. The van der Waals surface area contributed by atoms with Crippen LogP contribution in [0.2, 0.25) is 0 Å². The van der Waals surface area contributed by atoms with Crippen LogP contribution in [0.15, 0.2) is 43.0 Å². The maximum absolute atomic E-state index is 12.0. The molecule has 0 unspecified atom stereocenters. The van der Waals surface area contributed by atoms with Crippen LogP contribution in [0, 0.1) is 0 Å². The monoisotopic (exact) mass is 376 g/mol. The normalized spacial score (nSPS) is 17.6. The largest absolute Gasteiger partial charge is 0.356 e. The third-order valence-electron chi connectivity index (χ3n) is 5.83. The number of fused-ring (bicyclic) bond motifs is 1. The number of carbonyl (C=O) groups is 1. The molecule has 2 aromatic rings. The second-order valence-electron chi connectivity index (χ2n) is 7.77. The van der Waals surface area contributed by atoms with E-state index in [1.165, 1.54) is 24.5 Å². The van der Waals surface area contributed by atoms with E-state index >= 15 is 0 Å². The Hall–Kier alpha value is -2.66. The second-order valence-corrected chi connectivity index (χ2v) is 7.77. The van der Waals surface area contributed by atoms with Crippen molar-refractivity contribution in [2.45, 2.75) is 19.3 Å². The van der Waals surface area contributed by atoms with Crippen molar-refractivity contribution in [3.05, 3.63) is 48.7 Å². The number of aromatic nitrogens is 1. The molecule has 1 amide bonds. The first-order valence-electron chi connectivity index (χ1n) is 10.0. The number of anilines is 2. The average molecular weight is 377 g/mol. The predicted octanol–water partition coefficient (Wildman–Crippen LogP) is 3.70. The van der Waals surface area contributed by atoms with E-state index in [4.69, 9.17) is 4.98 Å². The molecule has 1 fully saturated rings. The first kappa shape index (κ1) is 18.7. The topological polar surface area (TPSA) is 39.7 Å². The maximum atomic E-state index is 12.0. The van der Waals surface area contributed by atoms with Crippen LogP contribution in [0.4, 0.5) is 11.5 Å². The molecule has 1 aromatic carbocycles. The molecule has 0 saturated carbocycles. The van der Waals surface area contributed by atoms with E-state index in [0.717, 1.165) is 60.6 Å². The number of carbonyl (C=O) groups excluding carboxylic acids is 1. The summed E-state index contributed by atoms with van der Waals surface area (Å²) >= 11 is 0. The lowest BCUT2D eigenvalue weighted by Gasteiger charge is -2.24. The lowest BCUT2D eigenvalue weighted by atomic mass is 10.0. The molecule has 3 heterocycles. The van der Waals surface area contributed by atoms with Crippen LogP contribution in [0.5, 0.6) is 0 Å². The summed E-state index contributed by atoms with van der Waals surface area (Å²) in [5, 5.41) is 2.29. The predicted molar refractivity (Wildman–Crippen MR) is 117 cm³/mol. The Morgan fingerprint density at radius 1 is 1.21 bits per heavy atom. The summed E-state index contributed by atoms with van der Waals surface area (Å²) < 4.78 is 0. The van der Waals surface area contributed by atoms with Gasteiger partial charge < -0.3 is 14.7 Å². The summed E-state index contributed by atoms with van der Waals surface area (Å²) in [4.78, 5) is 23.5. The molecule has 4 rings (SSSR count). The lowest BCUT2D eigenvalue weighted by molar-refractivity contribution is -0.113. The summed E-state index contributed by atoms with van der Waals surface area (Å²) in [5.74, 6) is 0.973. The van der Waals surface area contributed by atoms with Gasteiger partial charge in [0.1, 0.15) is 5.82 Å². The average Bonchev–Trinajstić information content (AvgIpc) is 3.26. The van der Waals surface area contributed by atoms with E-state index in [1.807, 2.05) is 6.07 Å². The number of hydrogen-bond donors (Lipinski definition) is 0. The van der Waals surface area contributed by atoms with Crippen molar-refractivity contribution in [2.75, 3.05) is 50.1 Å². The number of likely N-dealkylation sites (N-methyl/N-ethyl adjacent to an activating group) is 2. The summed E-state index contributed by atoms with van der Waals surface area (Å²) in [6.45, 7) is 7.74. The molecule has 5 heteroatoms. The van der Waals surface area contributed by atoms with Gasteiger partial charge in [-0.1, -0.05) is 12.7 Å². The van der Waals surface area contributed by atoms with E-state index in [2.05, 4.69) is 47.7 Å². The van der Waals surface area contributed by atoms with Gasteiger partial charge in [0.2, 0.25) is 5.91 Å². The molecule has 146 valence electrons. The minimum atomic E-state index is -0.105. The molecule has 0 spiro atoms. The third-order valence-corrected chi connectivity index (χ3v) is 5.83. The maximum Gasteiger partial charge on any atom is 0.250 e. The van der Waals surface area contributed by atoms with Gasteiger partial charge in [0, 0.05) is 44.3 Å². The molecular weight excluding hydrogens is 348 g/mol. The highest BCUT2D eigenvalue weighted by atomic mass is 16.2. The SMILES string of the molecule is C=CC(=O)N(C)c1ccc2c(N3CCCC3)nc(C3=CCN(C)CC3)cc2c1. The third kappa shape index (κ3) is 3.54. The van der Waals surface area contributed by atoms with Gasteiger partial charge in [0.05, 0.1) is 5.69 Å². The first-order chi connectivity index (χ1) is 13.6. The fourth-order valence-electron chi connectivity index (χ4n) is 4.04. The van der Waals surface area contributed by atoms with Gasteiger partial charge in [-0.3, -0.25) is 4.79 Å². The molecule has 28 heavy (non-hydrogen) atoms. The molecule has 2 aliphatic rings. The van der Waals surface area contributed by atoms with Gasteiger partial charge in [-0.05, 0) is 67.6 Å². The molecule has 0 N–H and O–H groups in total. The Balaban J connectivity index is 1.83. The van der Waals surface area contributed by atoms with Crippen molar-refractivity contribution in [3.8, 4) is 0 Å². The minimum absolute atomic E-state index is 0.105. The Kier molecular flexibility index (Phi) is 5.18. The number of pyridine rings is 1. The standard InChI is InChI=1S/C23H28N4O/c1-4-22(28)26(3)19-7-8-20-18(15-19)16-21(17-9-13-25(2)14-10-17)24-23(20)27-11-5-6-12-27/h4,7-9,15-16H,1,5-6,10-14H2,2-3H3. The summed E-state index contributed by atoms with van der Waals surface area (Å²) in [6.07, 6.45) is 7.10. The van der Waals surface area contributed by atoms with Gasteiger partial charge in [-0.2, -0.15) is 0 Å². The Morgan fingerprint density at radius 2 is 2.00 bits per heavy atom. The molecule has 0 atom stereocenters. The van der Waals surface area contributed by atoms with Crippen LogP contribution in [0.3, 0.4) is 0 Å². The zero-order valence-electron chi connectivity index (χ0n) is 16.8. The number of amides is 1. The van der Waals surface area contributed by atoms with Crippen molar-refractivity contribution in [1.29, 1.82) is 0 Å². The Morgan fingerprint density at radius 3 is 2.68 bits per heavy atom. The van der Waals surface area contributed by atoms with Crippen molar-refractivity contribution in [1.82, 2.24) is 9.88 Å². The minimum Gasteiger partial charge on any atom is -0.356 e. The number of rotatable bonds is 4. The number of nitrogens with zero attached hydrogens (tertiary/aromatic N) is 4. The Labute approximate surface area is 166 Å². The van der Waals surface area contributed by atoms with E-state index in [9.17, 15) is 4.79 Å². The lowest BCUT2D eigenvalue weighted by Crippen LogP contribution is -2.24. The van der Waals surface area contributed by atoms with Gasteiger partial charge in [0.25, 0.3) is 0 Å². The smallest absolute Gasteiger partial charge is 0.250 e. The van der Waals surface area contributed by atoms with Crippen LogP contribution in [0.25, 0.3) is 16.3 Å². The summed E-state index contributed by atoms with van der Waals surface area (Å²) in [7, 11) is 3.93. The highest BCUT2D eigenvalue weighted by Crippen LogP contribution is 2.34. The highest BCUT2D eigenvalue weighted by molar-refractivity contribution is 6.03. The number of benzene rings is 1. The van der Waals surface area contributed by atoms with Crippen LogP contribution in [-0.2, 0) is 4.79 Å². The van der Waals surface area contributed by atoms with Gasteiger partial charge >= 0.3 is 0 Å². The van der Waals surface area contributed by atoms with Crippen LogP contribution in [-0.4, -0.2) is 56.1 Å². The van der Waals surface area contributed by atoms with E-state index in [1.54, 1.807) is 11.9 Å². The molecule has 0 radical (unpaired) electrons. The zero-order chi connectivity index (χ0) is 19.7. The Bertz CT molecular complexity index is 943. The van der Waals surface area contributed by atoms with Gasteiger partial charge in [-0.25, -0.2) is 4.98 Å². The van der Waals surface area contributed by atoms with Crippen molar-refractivity contribution in [2.24, 2.45) is 0 Å². The molecular formula is C23H28N4O. The van der Waals surface area contributed by atoms with Crippen molar-refractivity contribution >= 4 is 33.8 Å². The number of hydrogen-bond acceptors (Lipinski definition) is 4. The second kappa shape index (κ2) is 7.76. The molecule has 0 aliphatic carbocycles. The molecule has 2 aliphatic heterocycles. The van der Waals surface area contributed by atoms with E-state index < -0.39 is 0 Å². The van der Waals surface area contributed by atoms with Crippen LogP contribution < -0.4 is 9.80 Å².